The second-order valence-corrected chi connectivity index (χ2v) is 409. The first-order valence-electron chi connectivity index (χ1n) is 2.00. The fourth-order valence-electron chi connectivity index (χ4n) is 0.177. The molecule has 5 heteroatoms. The minimum absolute atomic E-state index is 0. The Kier molecular flexibility index (Phi) is 41.6. The van der Waals surface area contributed by atoms with Crippen LogP contribution < -0.4 is 0 Å². The van der Waals surface area contributed by atoms with Crippen LogP contribution in [0.4, 0.5) is 0 Å². The summed E-state index contributed by atoms with van der Waals surface area (Å²) in [6, 6.07) is 0. The molecule has 0 aromatic heterocycles. The fraction of sp³-hybridized carbons (Fsp3) is 0. The second-order valence-electron chi connectivity index (χ2n) is 1.06. The summed E-state index contributed by atoms with van der Waals surface area (Å²) < 4.78 is 0. The summed E-state index contributed by atoms with van der Waals surface area (Å²) in [5.74, 6) is 0. The molecule has 0 unspecified atom stereocenters. The van der Waals surface area contributed by atoms with Crippen molar-refractivity contribution < 1.29 is 0 Å². The largest absolute Gasteiger partial charge is 0.358 e. The number of hydrogen-bond donors (Lipinski definition) is 0. The molecule has 0 aromatic rings. The summed E-state index contributed by atoms with van der Waals surface area (Å²) in [5.41, 5.74) is 0. The Hall–Kier alpha value is 7.86. The van der Waals surface area contributed by atoms with Crippen molar-refractivity contribution >= 4 is 98.6 Å². The molecule has 0 radical (unpaired) electrons. The van der Waals surface area contributed by atoms with E-state index >= 15 is 0 Å². The summed E-state index contributed by atoms with van der Waals surface area (Å²) in [7, 11) is 0. The van der Waals surface area contributed by atoms with Crippen LogP contribution >= 0.6 is 0 Å². The zero-order chi connectivity index (χ0) is 4.12. The molecule has 16 valence electrons. The van der Waals surface area contributed by atoms with E-state index in [-0.39, 0.29) is 7.43 Å². The Morgan fingerprint density at radius 1 is 1.00 bits per heavy atom. The van der Waals surface area contributed by atoms with Gasteiger partial charge in [-0.05, 0) is 0 Å². The molecule has 0 heterocycles. The van der Waals surface area contributed by atoms with Gasteiger partial charge in [0, 0.05) is 0 Å². The van der Waals surface area contributed by atoms with Gasteiger partial charge in [0.1, 0.15) is 0 Å². The molecule has 0 spiro atoms. The first-order valence-corrected chi connectivity index (χ1v) is 106. The van der Waals surface area contributed by atoms with Crippen molar-refractivity contribution in [3.63, 3.8) is 0 Å². The Morgan fingerprint density at radius 2 is 1.33 bits per heavy atom. The molecular formula is CH3Ba5+. The molecule has 0 aromatic carbocycles. The summed E-state index contributed by atoms with van der Waals surface area (Å²) in [4.78, 5) is 0. The van der Waals surface area contributed by atoms with Gasteiger partial charge in [0.2, 0.25) is 0 Å². The molecule has 0 atom stereocenters. The van der Waals surface area contributed by atoms with Gasteiger partial charge in [0.25, 0.3) is 0 Å². The molecule has 0 bridgehead atoms. The second kappa shape index (κ2) is 15.3. The van der Waals surface area contributed by atoms with Crippen molar-refractivity contribution in [1.82, 2.24) is 0 Å². The van der Waals surface area contributed by atoms with Crippen molar-refractivity contribution in [1.29, 1.82) is 0 Å². The van der Waals surface area contributed by atoms with Crippen LogP contribution in [0.25, 0.3) is 0 Å². The molecule has 0 fully saturated rings. The average Bonchev–Trinajstić information content (AvgIpc) is 1.41. The van der Waals surface area contributed by atoms with Gasteiger partial charge in [-0.3, -0.25) is 0 Å². The SMILES string of the molecule is [Ba+][Ba][Ba][Ba][Ba+].[CH3-]. The third kappa shape index (κ3) is 14.4. The van der Waals surface area contributed by atoms with Crippen LogP contribution in [0.5, 0.6) is 0 Å². The minimum Gasteiger partial charge on any atom is -0.358 e. The van der Waals surface area contributed by atoms with E-state index in [4.69, 9.17) is 0 Å². The van der Waals surface area contributed by atoms with Crippen LogP contribution in [0.2, 0.25) is 0 Å². The van der Waals surface area contributed by atoms with Gasteiger partial charge in [0.05, 0.1) is 0 Å². The predicted octanol–water partition coefficient (Wildman–Crippen LogP) is -1.45. The van der Waals surface area contributed by atoms with E-state index in [1.165, 1.54) is 61.3 Å². The summed E-state index contributed by atoms with van der Waals surface area (Å²) in [5, 5.41) is 0. The molecule has 6 heavy (non-hydrogen) atoms. The average molecular weight is 702 g/mol. The minimum atomic E-state index is 0. The maximum absolute atomic E-state index is 1.48. The quantitative estimate of drug-likeness (QED) is 0.245. The molecule has 0 aliphatic heterocycles. The van der Waals surface area contributed by atoms with Gasteiger partial charge in [-0.1, -0.05) is 0 Å². The van der Waals surface area contributed by atoms with E-state index in [0.29, 0.717) is 37.3 Å². The van der Waals surface area contributed by atoms with Gasteiger partial charge < -0.3 is 7.43 Å². The maximum atomic E-state index is 1.48. The molecule has 0 nitrogen and oxygen atoms in total. The summed E-state index contributed by atoms with van der Waals surface area (Å²) in [6.07, 6.45) is 0. The molecule has 0 saturated carbocycles. The van der Waals surface area contributed by atoms with E-state index in [9.17, 15) is 0 Å². The van der Waals surface area contributed by atoms with Crippen molar-refractivity contribution in [3.05, 3.63) is 7.43 Å². The van der Waals surface area contributed by atoms with Crippen LogP contribution in [0.3, 0.4) is 0 Å². The Bertz CT molecular complexity index is 11.4. The smallest absolute Gasteiger partial charge is 0.358 e. The van der Waals surface area contributed by atoms with Crippen LogP contribution in [0, 0.1) is 7.43 Å². The predicted molar refractivity (Wildman–Crippen MR) is 35.2 cm³/mol. The molecule has 0 rings (SSSR count). The van der Waals surface area contributed by atoms with Gasteiger partial charge in [-0.2, -0.15) is 0 Å². The Labute approximate surface area is 95.8 Å². The van der Waals surface area contributed by atoms with Crippen LogP contribution in [0.1, 0.15) is 0 Å². The van der Waals surface area contributed by atoms with Crippen molar-refractivity contribution in [2.24, 2.45) is 0 Å². The molecule has 0 amide bonds. The van der Waals surface area contributed by atoms with E-state index < -0.39 is 0 Å². The molecule has 0 aliphatic rings. The van der Waals surface area contributed by atoms with Gasteiger partial charge >= 0.3 is 98.6 Å². The number of rotatable bonds is 2. The first-order chi connectivity index (χ1) is 2.41. The van der Waals surface area contributed by atoms with Crippen LogP contribution in [-0.4, -0.2) is 98.6 Å². The zero-order valence-electron chi connectivity index (χ0n) is 4.54. The Morgan fingerprint density at radius 3 is 1.33 bits per heavy atom. The first kappa shape index (κ1) is 16.3. The molecule has 0 N–H and O–H groups in total. The van der Waals surface area contributed by atoms with E-state index in [2.05, 4.69) is 0 Å². The third-order valence-corrected chi connectivity index (χ3v) is 1400. The normalized spacial score (nSPS) is 3.33. The fourth-order valence-corrected chi connectivity index (χ4v) is 3620. The summed E-state index contributed by atoms with van der Waals surface area (Å²) in [6.45, 7) is 0. The van der Waals surface area contributed by atoms with Crippen molar-refractivity contribution in [2.75, 3.05) is 0 Å². The van der Waals surface area contributed by atoms with Crippen molar-refractivity contribution in [3.8, 4) is 0 Å². The van der Waals surface area contributed by atoms with E-state index in [1.807, 2.05) is 0 Å². The third-order valence-electron chi connectivity index (χ3n) is 0.500. The monoisotopic (exact) mass is 705 g/mol. The number of hydrogen-bond acceptors (Lipinski definition) is 0. The maximum Gasteiger partial charge on any atom is -0.358 e. The molecule has 0 aliphatic carbocycles. The van der Waals surface area contributed by atoms with Gasteiger partial charge in [-0.25, -0.2) is 0 Å². The van der Waals surface area contributed by atoms with Crippen LogP contribution in [0.15, 0.2) is 0 Å². The molecular weight excluding hydrogens is 699 g/mol. The van der Waals surface area contributed by atoms with E-state index in [1.54, 1.807) is 0 Å². The Balaban J connectivity index is 0. The van der Waals surface area contributed by atoms with E-state index in [0.717, 1.165) is 0 Å². The zero-order valence-corrected chi connectivity index (χ0v) is 26.7. The molecule has 0 saturated heterocycles. The topological polar surface area (TPSA) is 0 Å². The van der Waals surface area contributed by atoms with Gasteiger partial charge in [0.15, 0.2) is 0 Å². The van der Waals surface area contributed by atoms with Crippen molar-refractivity contribution in [2.45, 2.75) is 0 Å². The van der Waals surface area contributed by atoms with Gasteiger partial charge in [-0.15, -0.1) is 0 Å². The van der Waals surface area contributed by atoms with Crippen LogP contribution in [-0.2, 0) is 0 Å². The standard InChI is InChI=1S/CH3.5Ba/h1H3;;;;;/q-1;;;;2*+1. The summed E-state index contributed by atoms with van der Waals surface area (Å²) >= 11 is 4.28.